The van der Waals surface area contributed by atoms with Gasteiger partial charge in [-0.15, -0.1) is 10.2 Å². The molecule has 1 aromatic heterocycles. The van der Waals surface area contributed by atoms with Crippen LogP contribution in [-0.4, -0.2) is 37.0 Å². The van der Waals surface area contributed by atoms with Crippen LogP contribution in [-0.2, 0) is 6.42 Å². The van der Waals surface area contributed by atoms with Crippen molar-refractivity contribution < 1.29 is 9.47 Å². The molecule has 0 radical (unpaired) electrons. The first-order valence-corrected chi connectivity index (χ1v) is 7.06. The molecule has 5 nitrogen and oxygen atoms in total. The summed E-state index contributed by atoms with van der Waals surface area (Å²) in [5, 5.41) is 13.5. The average Bonchev–Trinajstić information content (AvgIpc) is 2.93. The molecule has 1 aromatic carbocycles. The molecule has 0 spiro atoms. The molecular formula is C13H15N3O2S. The molecule has 1 aliphatic rings. The van der Waals surface area contributed by atoms with Crippen molar-refractivity contribution in [1.82, 2.24) is 15.5 Å². The summed E-state index contributed by atoms with van der Waals surface area (Å²) in [5.41, 5.74) is 0.963. The third kappa shape index (κ3) is 2.54. The van der Waals surface area contributed by atoms with Gasteiger partial charge in [-0.05, 0) is 19.2 Å². The lowest BCUT2D eigenvalue weighted by molar-refractivity contribution is 0.172. The van der Waals surface area contributed by atoms with Gasteiger partial charge < -0.3 is 14.8 Å². The maximum atomic E-state index is 5.70. The summed E-state index contributed by atoms with van der Waals surface area (Å²) < 4.78 is 11.3. The summed E-state index contributed by atoms with van der Waals surface area (Å²) in [6.45, 7) is 2.08. The van der Waals surface area contributed by atoms with E-state index in [1.54, 1.807) is 11.3 Å². The van der Waals surface area contributed by atoms with E-state index >= 15 is 0 Å². The third-order valence-corrected chi connectivity index (χ3v) is 3.87. The molecule has 2 heterocycles. The largest absolute Gasteiger partial charge is 0.486 e. The van der Waals surface area contributed by atoms with E-state index in [0.29, 0.717) is 13.2 Å². The molecule has 0 saturated heterocycles. The Balaban J connectivity index is 1.91. The summed E-state index contributed by atoms with van der Waals surface area (Å²) in [7, 11) is 1.93. The summed E-state index contributed by atoms with van der Waals surface area (Å²) in [6.07, 6.45) is 0.889. The van der Waals surface area contributed by atoms with Crippen molar-refractivity contribution in [2.24, 2.45) is 0 Å². The van der Waals surface area contributed by atoms with Gasteiger partial charge in [-0.25, -0.2) is 0 Å². The molecular weight excluding hydrogens is 262 g/mol. The minimum atomic E-state index is 0.579. The van der Waals surface area contributed by atoms with Crippen molar-refractivity contribution >= 4 is 11.3 Å². The first-order chi connectivity index (χ1) is 9.38. The van der Waals surface area contributed by atoms with Crippen molar-refractivity contribution in [2.75, 3.05) is 26.8 Å². The number of aromatic nitrogens is 2. The average molecular weight is 277 g/mol. The van der Waals surface area contributed by atoms with Crippen LogP contribution in [0.25, 0.3) is 10.6 Å². The predicted octanol–water partition coefficient (Wildman–Crippen LogP) is 1.74. The lowest BCUT2D eigenvalue weighted by atomic mass is 10.2. The molecule has 6 heteroatoms. The van der Waals surface area contributed by atoms with Crippen LogP contribution < -0.4 is 14.8 Å². The molecule has 1 N–H and O–H groups in total. The van der Waals surface area contributed by atoms with Crippen LogP contribution in [0.2, 0.25) is 0 Å². The number of fused-ring (bicyclic) bond motifs is 1. The van der Waals surface area contributed by atoms with E-state index in [4.69, 9.17) is 9.47 Å². The Morgan fingerprint density at radius 2 is 2.16 bits per heavy atom. The zero-order chi connectivity index (χ0) is 13.1. The van der Waals surface area contributed by atoms with Gasteiger partial charge in [-0.3, -0.25) is 0 Å². The maximum Gasteiger partial charge on any atom is 0.171 e. The monoisotopic (exact) mass is 277 g/mol. The van der Waals surface area contributed by atoms with Crippen LogP contribution in [0, 0.1) is 0 Å². The second kappa shape index (κ2) is 5.54. The molecule has 0 aliphatic carbocycles. The van der Waals surface area contributed by atoms with Crippen LogP contribution in [0.1, 0.15) is 5.01 Å². The zero-order valence-corrected chi connectivity index (χ0v) is 11.5. The highest BCUT2D eigenvalue weighted by Gasteiger charge is 2.19. The molecule has 0 saturated carbocycles. The Kier molecular flexibility index (Phi) is 3.61. The Bertz CT molecular complexity index is 571. The summed E-state index contributed by atoms with van der Waals surface area (Å²) in [4.78, 5) is 0. The molecule has 0 amide bonds. The summed E-state index contributed by atoms with van der Waals surface area (Å²) in [5.74, 6) is 1.57. The quantitative estimate of drug-likeness (QED) is 0.922. The Morgan fingerprint density at radius 1 is 1.26 bits per heavy atom. The van der Waals surface area contributed by atoms with E-state index < -0.39 is 0 Å². The number of nitrogens with one attached hydrogen (secondary N) is 1. The topological polar surface area (TPSA) is 56.3 Å². The minimum Gasteiger partial charge on any atom is -0.486 e. The SMILES string of the molecule is CNCCc1nnc(-c2cccc3c2OCCO3)s1. The van der Waals surface area contributed by atoms with Gasteiger partial charge in [0.05, 0.1) is 5.56 Å². The second-order valence-electron chi connectivity index (χ2n) is 4.18. The van der Waals surface area contributed by atoms with E-state index in [1.807, 2.05) is 25.2 Å². The molecule has 100 valence electrons. The lowest BCUT2D eigenvalue weighted by Crippen LogP contribution is -2.15. The van der Waals surface area contributed by atoms with Gasteiger partial charge in [0.15, 0.2) is 16.5 Å². The van der Waals surface area contributed by atoms with Crippen LogP contribution in [0.15, 0.2) is 18.2 Å². The van der Waals surface area contributed by atoms with Gasteiger partial charge in [0.25, 0.3) is 0 Å². The lowest BCUT2D eigenvalue weighted by Gasteiger charge is -2.19. The minimum absolute atomic E-state index is 0.579. The second-order valence-corrected chi connectivity index (χ2v) is 5.25. The first kappa shape index (κ1) is 12.4. The Morgan fingerprint density at radius 3 is 3.05 bits per heavy atom. The van der Waals surface area contributed by atoms with Crippen molar-refractivity contribution in [3.63, 3.8) is 0 Å². The Hall–Kier alpha value is -1.66. The van der Waals surface area contributed by atoms with Gasteiger partial charge in [0.1, 0.15) is 18.2 Å². The fraction of sp³-hybridized carbons (Fsp3) is 0.385. The number of ether oxygens (including phenoxy) is 2. The highest BCUT2D eigenvalue weighted by atomic mass is 32.1. The van der Waals surface area contributed by atoms with Gasteiger partial charge >= 0.3 is 0 Å². The normalized spacial score (nSPS) is 13.5. The predicted molar refractivity (Wildman–Crippen MR) is 74.0 cm³/mol. The number of para-hydroxylation sites is 1. The highest BCUT2D eigenvalue weighted by molar-refractivity contribution is 7.14. The molecule has 0 fully saturated rings. The van der Waals surface area contributed by atoms with E-state index in [9.17, 15) is 0 Å². The third-order valence-electron chi connectivity index (χ3n) is 2.85. The fourth-order valence-corrected chi connectivity index (χ4v) is 2.80. The van der Waals surface area contributed by atoms with E-state index in [1.165, 1.54) is 0 Å². The number of hydrogen-bond donors (Lipinski definition) is 1. The van der Waals surface area contributed by atoms with Crippen LogP contribution >= 0.6 is 11.3 Å². The maximum absolute atomic E-state index is 5.70. The molecule has 2 aromatic rings. The molecule has 0 bridgehead atoms. The zero-order valence-electron chi connectivity index (χ0n) is 10.7. The summed E-state index contributed by atoms with van der Waals surface area (Å²) >= 11 is 1.60. The number of nitrogens with zero attached hydrogens (tertiary/aromatic N) is 2. The van der Waals surface area contributed by atoms with Gasteiger partial charge in [0.2, 0.25) is 0 Å². The summed E-state index contributed by atoms with van der Waals surface area (Å²) in [6, 6.07) is 5.87. The molecule has 1 aliphatic heterocycles. The van der Waals surface area contributed by atoms with Gasteiger partial charge in [0, 0.05) is 13.0 Å². The fourth-order valence-electron chi connectivity index (χ4n) is 1.94. The first-order valence-electron chi connectivity index (χ1n) is 6.24. The van der Waals surface area contributed by atoms with Crippen molar-refractivity contribution in [3.05, 3.63) is 23.2 Å². The highest BCUT2D eigenvalue weighted by Crippen LogP contribution is 2.40. The van der Waals surface area contributed by atoms with Crippen molar-refractivity contribution in [1.29, 1.82) is 0 Å². The molecule has 3 rings (SSSR count). The molecule has 0 unspecified atom stereocenters. The van der Waals surface area contributed by atoms with Crippen molar-refractivity contribution in [2.45, 2.75) is 6.42 Å². The molecule has 19 heavy (non-hydrogen) atoms. The van der Waals surface area contributed by atoms with E-state index in [-0.39, 0.29) is 0 Å². The number of hydrogen-bond acceptors (Lipinski definition) is 6. The van der Waals surface area contributed by atoms with Crippen molar-refractivity contribution in [3.8, 4) is 22.1 Å². The number of benzene rings is 1. The van der Waals surface area contributed by atoms with Gasteiger partial charge in [-0.1, -0.05) is 17.4 Å². The number of rotatable bonds is 4. The standard InChI is InChI=1S/C13H15N3O2S/c1-14-6-5-11-15-16-13(19-11)9-3-2-4-10-12(9)18-8-7-17-10/h2-4,14H,5-8H2,1H3. The van der Waals surface area contributed by atoms with Crippen LogP contribution in [0.3, 0.4) is 0 Å². The Labute approximate surface area is 115 Å². The van der Waals surface area contributed by atoms with Crippen LogP contribution in [0.5, 0.6) is 11.5 Å². The number of likely N-dealkylation sites (N-methyl/N-ethyl adjacent to an activating group) is 1. The molecule has 0 atom stereocenters. The van der Waals surface area contributed by atoms with Gasteiger partial charge in [-0.2, -0.15) is 0 Å². The van der Waals surface area contributed by atoms with E-state index in [2.05, 4.69) is 15.5 Å². The van der Waals surface area contributed by atoms with E-state index in [0.717, 1.165) is 40.0 Å². The smallest absolute Gasteiger partial charge is 0.171 e. The van der Waals surface area contributed by atoms with Crippen LogP contribution in [0.4, 0.5) is 0 Å².